The molecule has 1 N–H and O–H groups in total. The maximum Gasteiger partial charge on any atom is 0.242 e. The van der Waals surface area contributed by atoms with Gasteiger partial charge in [-0.15, -0.1) is 0 Å². The third-order valence-corrected chi connectivity index (χ3v) is 6.35. The summed E-state index contributed by atoms with van der Waals surface area (Å²) in [5.41, 5.74) is 3.24. The minimum absolute atomic E-state index is 0.0480. The maximum atomic E-state index is 13.3. The summed E-state index contributed by atoms with van der Waals surface area (Å²) in [5, 5.41) is 3.89. The number of carbonyl (C=O) groups is 2. The van der Waals surface area contributed by atoms with Crippen molar-refractivity contribution in [2.45, 2.75) is 71.9 Å². The monoisotopic (exact) mass is 476 g/mol. The molecule has 2 amide bonds. The van der Waals surface area contributed by atoms with Gasteiger partial charge in [0, 0.05) is 19.5 Å². The van der Waals surface area contributed by atoms with Gasteiger partial charge in [-0.05, 0) is 54.5 Å². The fourth-order valence-corrected chi connectivity index (χ4v) is 3.92. The number of benzene rings is 2. The Morgan fingerprint density at radius 2 is 1.59 bits per heavy atom. The molecule has 174 valence electrons. The highest BCUT2D eigenvalue weighted by atomic mass is 35.5. The predicted molar refractivity (Wildman–Crippen MR) is 133 cm³/mol. The van der Waals surface area contributed by atoms with E-state index in [4.69, 9.17) is 23.2 Å². The van der Waals surface area contributed by atoms with Gasteiger partial charge < -0.3 is 10.2 Å². The fourth-order valence-electron chi connectivity index (χ4n) is 3.60. The molecule has 6 heteroatoms. The van der Waals surface area contributed by atoms with Gasteiger partial charge in [0.25, 0.3) is 0 Å². The van der Waals surface area contributed by atoms with Crippen LogP contribution in [-0.4, -0.2) is 29.3 Å². The molecule has 2 aromatic carbocycles. The van der Waals surface area contributed by atoms with E-state index in [0.717, 1.165) is 30.4 Å². The third-order valence-electron chi connectivity index (χ3n) is 5.61. The number of unbranched alkanes of at least 4 members (excludes halogenated alkanes) is 1. The van der Waals surface area contributed by atoms with Gasteiger partial charge in [0.05, 0.1) is 10.0 Å². The van der Waals surface area contributed by atoms with Crippen LogP contribution in [0.2, 0.25) is 10.0 Å². The summed E-state index contributed by atoms with van der Waals surface area (Å²) in [4.78, 5) is 27.9. The number of nitrogens with one attached hydrogen (secondary N) is 1. The molecule has 0 unspecified atom stereocenters. The number of halogens is 2. The summed E-state index contributed by atoms with van der Waals surface area (Å²) in [6.45, 7) is 7.06. The van der Waals surface area contributed by atoms with Crippen molar-refractivity contribution < 1.29 is 9.59 Å². The first-order chi connectivity index (χ1) is 15.4. The van der Waals surface area contributed by atoms with E-state index in [2.05, 4.69) is 43.4 Å². The van der Waals surface area contributed by atoms with E-state index >= 15 is 0 Å². The number of carbonyl (C=O) groups excluding carboxylic acids is 2. The Labute approximate surface area is 202 Å². The van der Waals surface area contributed by atoms with E-state index in [1.807, 2.05) is 13.0 Å². The van der Waals surface area contributed by atoms with Gasteiger partial charge in [-0.1, -0.05) is 80.7 Å². The Balaban J connectivity index is 2.18. The molecule has 4 nitrogen and oxygen atoms in total. The molecule has 0 aliphatic heterocycles. The highest BCUT2D eigenvalue weighted by molar-refractivity contribution is 6.42. The first kappa shape index (κ1) is 26.2. The average molecular weight is 477 g/mol. The fraction of sp³-hybridized carbons (Fsp3) is 0.462. The number of nitrogens with zero attached hydrogens (tertiary/aromatic N) is 1. The Bertz CT molecular complexity index is 884. The lowest BCUT2D eigenvalue weighted by Gasteiger charge is -2.31. The van der Waals surface area contributed by atoms with Crippen LogP contribution >= 0.6 is 23.2 Å². The smallest absolute Gasteiger partial charge is 0.242 e. The molecule has 2 aromatic rings. The van der Waals surface area contributed by atoms with Crippen LogP contribution in [0, 0.1) is 0 Å². The van der Waals surface area contributed by atoms with E-state index in [-0.39, 0.29) is 11.8 Å². The molecular formula is C26H34Cl2N2O2. The lowest BCUT2D eigenvalue weighted by atomic mass is 10.0. The number of hydrogen-bond acceptors (Lipinski definition) is 2. The standard InChI is InChI=1S/C26H34Cl2N2O2/c1-4-7-16-29-26(32)24(6-3)30(18-21-12-14-22(27)23(28)17-21)25(31)15-13-20-10-8-19(5-2)9-11-20/h8-12,14,17,24H,4-7,13,15-16,18H2,1-3H3,(H,29,32)/t24-/m1/s1. The number of hydrogen-bond donors (Lipinski definition) is 1. The van der Waals surface area contributed by atoms with Gasteiger partial charge in [0.15, 0.2) is 0 Å². The molecule has 0 aromatic heterocycles. The van der Waals surface area contributed by atoms with Crippen LogP contribution < -0.4 is 5.32 Å². The van der Waals surface area contributed by atoms with Crippen molar-refractivity contribution in [1.82, 2.24) is 10.2 Å². The first-order valence-electron chi connectivity index (χ1n) is 11.5. The first-order valence-corrected chi connectivity index (χ1v) is 12.2. The Morgan fingerprint density at radius 1 is 0.938 bits per heavy atom. The van der Waals surface area contributed by atoms with Crippen LogP contribution in [0.15, 0.2) is 42.5 Å². The van der Waals surface area contributed by atoms with Crippen molar-refractivity contribution in [1.29, 1.82) is 0 Å². The summed E-state index contributed by atoms with van der Waals surface area (Å²) in [6, 6.07) is 13.1. The van der Waals surface area contributed by atoms with Crippen molar-refractivity contribution >= 4 is 35.0 Å². The lowest BCUT2D eigenvalue weighted by Crippen LogP contribution is -2.49. The van der Waals surface area contributed by atoms with Crippen molar-refractivity contribution in [3.63, 3.8) is 0 Å². The van der Waals surface area contributed by atoms with Gasteiger partial charge in [-0.3, -0.25) is 9.59 Å². The molecule has 0 spiro atoms. The number of aryl methyl sites for hydroxylation is 2. The topological polar surface area (TPSA) is 49.4 Å². The van der Waals surface area contributed by atoms with Crippen molar-refractivity contribution in [3.05, 3.63) is 69.2 Å². The van der Waals surface area contributed by atoms with Gasteiger partial charge in [0.1, 0.15) is 6.04 Å². The molecule has 0 aliphatic carbocycles. The Morgan fingerprint density at radius 3 is 2.19 bits per heavy atom. The highest BCUT2D eigenvalue weighted by Crippen LogP contribution is 2.24. The van der Waals surface area contributed by atoms with Gasteiger partial charge in [-0.2, -0.15) is 0 Å². The molecule has 0 saturated heterocycles. The Kier molecular flexibility index (Phi) is 11.1. The van der Waals surface area contributed by atoms with Crippen molar-refractivity contribution in [2.24, 2.45) is 0 Å². The zero-order chi connectivity index (χ0) is 23.5. The zero-order valence-electron chi connectivity index (χ0n) is 19.3. The number of amides is 2. The third kappa shape index (κ3) is 7.83. The minimum atomic E-state index is -0.531. The molecule has 0 bridgehead atoms. The largest absolute Gasteiger partial charge is 0.354 e. The lowest BCUT2D eigenvalue weighted by molar-refractivity contribution is -0.141. The minimum Gasteiger partial charge on any atom is -0.354 e. The average Bonchev–Trinajstić information content (AvgIpc) is 2.80. The van der Waals surface area contributed by atoms with Crippen molar-refractivity contribution in [3.8, 4) is 0 Å². The normalized spacial score (nSPS) is 11.8. The second kappa shape index (κ2) is 13.5. The van der Waals surface area contributed by atoms with Crippen LogP contribution in [-0.2, 0) is 29.0 Å². The van der Waals surface area contributed by atoms with Crippen LogP contribution in [0.1, 0.15) is 63.1 Å². The quantitative estimate of drug-likeness (QED) is 0.370. The molecule has 0 fully saturated rings. The molecule has 0 saturated carbocycles. The summed E-state index contributed by atoms with van der Waals surface area (Å²) >= 11 is 12.2. The molecule has 0 aliphatic rings. The molecule has 2 rings (SSSR count). The Hall–Kier alpha value is -2.04. The van der Waals surface area contributed by atoms with Gasteiger partial charge in [-0.25, -0.2) is 0 Å². The summed E-state index contributed by atoms with van der Waals surface area (Å²) in [6.07, 6.45) is 4.41. The van der Waals surface area contributed by atoms with E-state index in [0.29, 0.717) is 42.4 Å². The summed E-state index contributed by atoms with van der Waals surface area (Å²) in [5.74, 6) is -0.158. The molecule has 32 heavy (non-hydrogen) atoms. The van der Waals surface area contributed by atoms with Crippen LogP contribution in [0.25, 0.3) is 0 Å². The van der Waals surface area contributed by atoms with Crippen LogP contribution in [0.5, 0.6) is 0 Å². The summed E-state index contributed by atoms with van der Waals surface area (Å²) in [7, 11) is 0. The SMILES string of the molecule is CCCCNC(=O)[C@@H](CC)N(Cc1ccc(Cl)c(Cl)c1)C(=O)CCc1ccc(CC)cc1. The zero-order valence-corrected chi connectivity index (χ0v) is 20.8. The summed E-state index contributed by atoms with van der Waals surface area (Å²) < 4.78 is 0. The van der Waals surface area contributed by atoms with Gasteiger partial charge >= 0.3 is 0 Å². The molecule has 0 heterocycles. The second-order valence-electron chi connectivity index (χ2n) is 8.01. The van der Waals surface area contributed by atoms with E-state index in [1.165, 1.54) is 5.56 Å². The van der Waals surface area contributed by atoms with E-state index in [9.17, 15) is 9.59 Å². The predicted octanol–water partition coefficient (Wildman–Crippen LogP) is 6.21. The van der Waals surface area contributed by atoms with Crippen LogP contribution in [0.3, 0.4) is 0 Å². The molecule has 0 radical (unpaired) electrons. The van der Waals surface area contributed by atoms with Crippen molar-refractivity contribution in [2.75, 3.05) is 6.54 Å². The highest BCUT2D eigenvalue weighted by Gasteiger charge is 2.28. The van der Waals surface area contributed by atoms with E-state index in [1.54, 1.807) is 17.0 Å². The second-order valence-corrected chi connectivity index (χ2v) is 8.82. The number of rotatable bonds is 12. The molecule has 1 atom stereocenters. The molecular weight excluding hydrogens is 443 g/mol. The van der Waals surface area contributed by atoms with Gasteiger partial charge in [0.2, 0.25) is 11.8 Å². The van der Waals surface area contributed by atoms with E-state index < -0.39 is 6.04 Å². The van der Waals surface area contributed by atoms with Crippen LogP contribution in [0.4, 0.5) is 0 Å². The maximum absolute atomic E-state index is 13.3.